The highest BCUT2D eigenvalue weighted by Crippen LogP contribution is 2.20. The Morgan fingerprint density at radius 1 is 1.29 bits per heavy atom. The summed E-state index contributed by atoms with van der Waals surface area (Å²) in [4.78, 5) is 15.9. The summed E-state index contributed by atoms with van der Waals surface area (Å²) in [5.74, 6) is 0.250. The molecule has 3 rings (SSSR count). The molecule has 0 saturated carbocycles. The van der Waals surface area contributed by atoms with Crippen molar-refractivity contribution in [2.24, 2.45) is 5.92 Å². The highest BCUT2D eigenvalue weighted by molar-refractivity contribution is 7.09. The predicted octanol–water partition coefficient (Wildman–Crippen LogP) is 3.46. The number of nitrogens with zero attached hydrogens (tertiary/aromatic N) is 1. The Hall–Kier alpha value is -1.72. The molecule has 1 amide bonds. The van der Waals surface area contributed by atoms with E-state index in [1.165, 1.54) is 23.4 Å². The topological polar surface area (TPSA) is 32.3 Å². The molecular formula is C19H23FN2OS. The molecule has 2 aromatic rings. The summed E-state index contributed by atoms with van der Waals surface area (Å²) in [5.41, 5.74) is 0.844. The Kier molecular flexibility index (Phi) is 5.99. The van der Waals surface area contributed by atoms with Crippen LogP contribution in [0, 0.1) is 11.7 Å². The van der Waals surface area contributed by atoms with E-state index in [2.05, 4.69) is 27.7 Å². The third-order valence-corrected chi connectivity index (χ3v) is 5.29. The Morgan fingerprint density at radius 3 is 2.88 bits per heavy atom. The van der Waals surface area contributed by atoms with Gasteiger partial charge in [-0.15, -0.1) is 11.3 Å². The van der Waals surface area contributed by atoms with Crippen LogP contribution in [-0.2, 0) is 17.8 Å². The summed E-state index contributed by atoms with van der Waals surface area (Å²) in [6.45, 7) is 3.91. The number of halogens is 1. The number of likely N-dealkylation sites (tertiary alicyclic amines) is 1. The van der Waals surface area contributed by atoms with Crippen LogP contribution in [0.1, 0.15) is 23.3 Å². The van der Waals surface area contributed by atoms with Crippen molar-refractivity contribution < 1.29 is 9.18 Å². The van der Waals surface area contributed by atoms with Crippen LogP contribution in [0.25, 0.3) is 0 Å². The average Bonchev–Trinajstić information content (AvgIpc) is 3.08. The van der Waals surface area contributed by atoms with Gasteiger partial charge < -0.3 is 5.32 Å². The van der Waals surface area contributed by atoms with Crippen LogP contribution >= 0.6 is 11.3 Å². The van der Waals surface area contributed by atoms with E-state index in [4.69, 9.17) is 0 Å². The van der Waals surface area contributed by atoms with Gasteiger partial charge >= 0.3 is 0 Å². The zero-order valence-electron chi connectivity index (χ0n) is 13.7. The SMILES string of the molecule is O=C(Cc1ccc(F)cc1)NCC1CCCN(Cc2cccs2)C1. The van der Waals surface area contributed by atoms with Gasteiger partial charge in [-0.1, -0.05) is 18.2 Å². The van der Waals surface area contributed by atoms with Crippen molar-refractivity contribution in [1.82, 2.24) is 10.2 Å². The lowest BCUT2D eigenvalue weighted by Gasteiger charge is -2.32. The molecule has 0 aliphatic carbocycles. The Bertz CT molecular complexity index is 642. The highest BCUT2D eigenvalue weighted by atomic mass is 32.1. The van der Waals surface area contributed by atoms with Gasteiger partial charge in [0.15, 0.2) is 0 Å². The molecule has 0 bridgehead atoms. The number of hydrogen-bond acceptors (Lipinski definition) is 3. The first-order valence-corrected chi connectivity index (χ1v) is 9.33. The Labute approximate surface area is 146 Å². The molecule has 128 valence electrons. The number of amides is 1. The zero-order chi connectivity index (χ0) is 16.8. The quantitative estimate of drug-likeness (QED) is 0.869. The van der Waals surface area contributed by atoms with E-state index in [0.29, 0.717) is 12.3 Å². The summed E-state index contributed by atoms with van der Waals surface area (Å²) in [6.07, 6.45) is 2.66. The maximum atomic E-state index is 12.9. The number of thiophene rings is 1. The van der Waals surface area contributed by atoms with Crippen LogP contribution in [0.2, 0.25) is 0 Å². The van der Waals surface area contributed by atoms with E-state index in [0.717, 1.165) is 38.2 Å². The lowest BCUT2D eigenvalue weighted by atomic mass is 9.98. The minimum atomic E-state index is -0.271. The van der Waals surface area contributed by atoms with Crippen molar-refractivity contribution in [2.75, 3.05) is 19.6 Å². The number of carbonyl (C=O) groups is 1. The van der Waals surface area contributed by atoms with Gasteiger partial charge in [-0.3, -0.25) is 9.69 Å². The molecule has 3 nitrogen and oxygen atoms in total. The molecule has 5 heteroatoms. The Morgan fingerprint density at radius 2 is 2.12 bits per heavy atom. The van der Waals surface area contributed by atoms with Gasteiger partial charge in [0.2, 0.25) is 5.91 Å². The van der Waals surface area contributed by atoms with Crippen molar-refractivity contribution in [2.45, 2.75) is 25.8 Å². The summed E-state index contributed by atoms with van der Waals surface area (Å²) in [7, 11) is 0. The molecule has 1 aliphatic heterocycles. The lowest BCUT2D eigenvalue weighted by Crippen LogP contribution is -2.40. The first-order valence-electron chi connectivity index (χ1n) is 8.45. The predicted molar refractivity (Wildman–Crippen MR) is 95.4 cm³/mol. The Balaban J connectivity index is 1.42. The fourth-order valence-electron chi connectivity index (χ4n) is 3.19. The molecule has 0 radical (unpaired) electrons. The van der Waals surface area contributed by atoms with Gasteiger partial charge in [0, 0.05) is 24.5 Å². The second kappa shape index (κ2) is 8.40. The summed E-state index contributed by atoms with van der Waals surface area (Å²) in [6, 6.07) is 10.4. The fourth-order valence-corrected chi connectivity index (χ4v) is 3.94. The smallest absolute Gasteiger partial charge is 0.224 e. The van der Waals surface area contributed by atoms with E-state index in [1.54, 1.807) is 23.5 Å². The lowest BCUT2D eigenvalue weighted by molar-refractivity contribution is -0.120. The van der Waals surface area contributed by atoms with Crippen LogP contribution < -0.4 is 5.32 Å². The maximum absolute atomic E-state index is 12.9. The van der Waals surface area contributed by atoms with Crippen LogP contribution in [-0.4, -0.2) is 30.4 Å². The van der Waals surface area contributed by atoms with Gasteiger partial charge in [-0.05, 0) is 54.4 Å². The van der Waals surface area contributed by atoms with E-state index < -0.39 is 0 Å². The van der Waals surface area contributed by atoms with Crippen molar-refractivity contribution in [3.05, 3.63) is 58.0 Å². The molecule has 1 aromatic carbocycles. The number of rotatable bonds is 6. The third-order valence-electron chi connectivity index (χ3n) is 4.43. The fraction of sp³-hybridized carbons (Fsp3) is 0.421. The molecular weight excluding hydrogens is 323 g/mol. The summed E-state index contributed by atoms with van der Waals surface area (Å²) in [5, 5.41) is 5.16. The largest absolute Gasteiger partial charge is 0.355 e. The van der Waals surface area contributed by atoms with Crippen LogP contribution in [0.5, 0.6) is 0 Å². The average molecular weight is 346 g/mol. The minimum absolute atomic E-state index is 0.0111. The van der Waals surface area contributed by atoms with Crippen LogP contribution in [0.3, 0.4) is 0 Å². The first kappa shape index (κ1) is 17.1. The third kappa shape index (κ3) is 5.14. The molecule has 24 heavy (non-hydrogen) atoms. The second-order valence-corrected chi connectivity index (χ2v) is 7.46. The summed E-state index contributed by atoms with van der Waals surface area (Å²) < 4.78 is 12.9. The molecule has 1 aliphatic rings. The van der Waals surface area contributed by atoms with Gasteiger partial charge in [-0.25, -0.2) is 4.39 Å². The van der Waals surface area contributed by atoms with E-state index in [1.807, 2.05) is 0 Å². The molecule has 1 atom stereocenters. The summed E-state index contributed by atoms with van der Waals surface area (Å²) >= 11 is 1.80. The molecule has 1 saturated heterocycles. The van der Waals surface area contributed by atoms with Crippen LogP contribution in [0.15, 0.2) is 41.8 Å². The minimum Gasteiger partial charge on any atom is -0.355 e. The number of piperidine rings is 1. The molecule has 1 unspecified atom stereocenters. The number of benzene rings is 1. The molecule has 1 fully saturated rings. The van der Waals surface area contributed by atoms with Gasteiger partial charge in [0.05, 0.1) is 6.42 Å². The second-order valence-electron chi connectivity index (χ2n) is 6.43. The molecule has 1 aromatic heterocycles. The van der Waals surface area contributed by atoms with E-state index in [9.17, 15) is 9.18 Å². The number of nitrogens with one attached hydrogen (secondary N) is 1. The van der Waals surface area contributed by atoms with Gasteiger partial charge in [0.25, 0.3) is 0 Å². The molecule has 1 N–H and O–H groups in total. The van der Waals surface area contributed by atoms with Gasteiger partial charge in [0.1, 0.15) is 5.82 Å². The van der Waals surface area contributed by atoms with Crippen molar-refractivity contribution in [3.8, 4) is 0 Å². The van der Waals surface area contributed by atoms with Crippen molar-refractivity contribution >= 4 is 17.2 Å². The molecule has 0 spiro atoms. The standard InChI is InChI=1S/C19H23FN2OS/c20-17-7-5-15(6-8-17)11-19(23)21-12-16-3-1-9-22(13-16)14-18-4-2-10-24-18/h2,4-8,10,16H,1,3,9,11-14H2,(H,21,23). The van der Waals surface area contributed by atoms with Gasteiger partial charge in [-0.2, -0.15) is 0 Å². The van der Waals surface area contributed by atoms with Crippen LogP contribution in [0.4, 0.5) is 4.39 Å². The first-order chi connectivity index (χ1) is 11.7. The highest BCUT2D eigenvalue weighted by Gasteiger charge is 2.20. The molecule has 2 heterocycles. The zero-order valence-corrected chi connectivity index (χ0v) is 14.5. The number of hydrogen-bond donors (Lipinski definition) is 1. The van der Waals surface area contributed by atoms with Crippen molar-refractivity contribution in [3.63, 3.8) is 0 Å². The maximum Gasteiger partial charge on any atom is 0.224 e. The van der Waals surface area contributed by atoms with E-state index >= 15 is 0 Å². The van der Waals surface area contributed by atoms with E-state index in [-0.39, 0.29) is 11.7 Å². The van der Waals surface area contributed by atoms with Crippen molar-refractivity contribution in [1.29, 1.82) is 0 Å². The normalized spacial score (nSPS) is 18.5. The monoisotopic (exact) mass is 346 g/mol. The number of carbonyl (C=O) groups excluding carboxylic acids is 1.